The summed E-state index contributed by atoms with van der Waals surface area (Å²) in [4.78, 5) is 24.1. The Kier molecular flexibility index (Phi) is 7.00. The number of anilines is 1. The Balaban J connectivity index is 1.94. The van der Waals surface area contributed by atoms with Crippen molar-refractivity contribution in [2.45, 2.75) is 20.0 Å². The van der Waals surface area contributed by atoms with E-state index in [2.05, 4.69) is 5.32 Å². The van der Waals surface area contributed by atoms with Crippen LogP contribution in [0.5, 0.6) is 11.5 Å². The van der Waals surface area contributed by atoms with Gasteiger partial charge < -0.3 is 19.5 Å². The van der Waals surface area contributed by atoms with Crippen LogP contribution in [0.4, 0.5) is 5.69 Å². The van der Waals surface area contributed by atoms with Crippen LogP contribution in [-0.4, -0.2) is 32.2 Å². The molecule has 2 aromatic carbocycles. The molecule has 0 aromatic heterocycles. The zero-order valence-electron chi connectivity index (χ0n) is 15.8. The van der Waals surface area contributed by atoms with Crippen LogP contribution < -0.4 is 14.8 Å². The van der Waals surface area contributed by atoms with Crippen molar-refractivity contribution in [3.05, 3.63) is 59.7 Å². The van der Waals surface area contributed by atoms with Gasteiger partial charge in [-0.3, -0.25) is 4.79 Å². The van der Waals surface area contributed by atoms with Gasteiger partial charge in [-0.1, -0.05) is 17.7 Å². The smallest absolute Gasteiger partial charge is 0.331 e. The van der Waals surface area contributed by atoms with Gasteiger partial charge in [0.1, 0.15) is 11.5 Å². The average Bonchev–Trinajstić information content (AvgIpc) is 2.67. The van der Waals surface area contributed by atoms with Gasteiger partial charge in [0.25, 0.3) is 5.91 Å². The first-order chi connectivity index (χ1) is 12.9. The van der Waals surface area contributed by atoms with Gasteiger partial charge in [0.2, 0.25) is 0 Å². The van der Waals surface area contributed by atoms with E-state index in [0.717, 1.165) is 5.56 Å². The van der Waals surface area contributed by atoms with Crippen LogP contribution in [0.25, 0.3) is 6.08 Å². The van der Waals surface area contributed by atoms with Crippen molar-refractivity contribution < 1.29 is 23.8 Å². The van der Waals surface area contributed by atoms with Crippen LogP contribution in [0.3, 0.4) is 0 Å². The summed E-state index contributed by atoms with van der Waals surface area (Å²) in [5.41, 5.74) is 2.44. The van der Waals surface area contributed by atoms with Gasteiger partial charge >= 0.3 is 5.97 Å². The van der Waals surface area contributed by atoms with Crippen molar-refractivity contribution in [3.63, 3.8) is 0 Å². The fourth-order valence-electron chi connectivity index (χ4n) is 2.24. The van der Waals surface area contributed by atoms with Crippen molar-refractivity contribution in [1.82, 2.24) is 0 Å². The maximum atomic E-state index is 12.1. The molecule has 0 saturated heterocycles. The lowest BCUT2D eigenvalue weighted by molar-refractivity contribution is -0.148. The number of amides is 1. The van der Waals surface area contributed by atoms with Gasteiger partial charge in [-0.25, -0.2) is 4.79 Å². The number of esters is 1. The summed E-state index contributed by atoms with van der Waals surface area (Å²) in [7, 11) is 3.09. The van der Waals surface area contributed by atoms with E-state index in [1.807, 2.05) is 19.1 Å². The predicted octanol–water partition coefficient (Wildman–Crippen LogP) is 3.60. The Bertz CT molecular complexity index is 805. The van der Waals surface area contributed by atoms with Gasteiger partial charge in [0, 0.05) is 17.8 Å². The number of carbonyl (C=O) groups excluding carboxylic acids is 2. The van der Waals surface area contributed by atoms with E-state index in [0.29, 0.717) is 22.7 Å². The molecule has 27 heavy (non-hydrogen) atoms. The zero-order chi connectivity index (χ0) is 19.8. The molecule has 0 bridgehead atoms. The molecule has 0 unspecified atom stereocenters. The number of methoxy groups -OCH3 is 2. The third kappa shape index (κ3) is 6.18. The van der Waals surface area contributed by atoms with Gasteiger partial charge in [0.15, 0.2) is 6.10 Å². The molecule has 0 aliphatic carbocycles. The van der Waals surface area contributed by atoms with Gasteiger partial charge in [-0.2, -0.15) is 0 Å². The second-order valence-corrected chi connectivity index (χ2v) is 5.91. The third-order valence-corrected chi connectivity index (χ3v) is 3.77. The summed E-state index contributed by atoms with van der Waals surface area (Å²) >= 11 is 0. The molecule has 6 heteroatoms. The molecular formula is C21H23NO5. The quantitative estimate of drug-likeness (QED) is 0.596. The lowest BCUT2D eigenvalue weighted by Crippen LogP contribution is -2.29. The molecule has 1 amide bonds. The molecule has 0 radical (unpaired) electrons. The number of carbonyl (C=O) groups is 2. The summed E-state index contributed by atoms with van der Waals surface area (Å²) in [6.45, 7) is 3.48. The SMILES string of the molecule is COc1cc(/C=C/C(=O)O[C@H](C)C(=O)Nc2ccc(C)cc2)cc(OC)c1. The number of rotatable bonds is 7. The van der Waals surface area contributed by atoms with Crippen molar-refractivity contribution in [3.8, 4) is 11.5 Å². The molecule has 0 spiro atoms. The normalized spacial score (nSPS) is 11.7. The summed E-state index contributed by atoms with van der Waals surface area (Å²) in [6, 6.07) is 12.6. The molecule has 2 aromatic rings. The summed E-state index contributed by atoms with van der Waals surface area (Å²) in [5.74, 6) is 0.188. The van der Waals surface area contributed by atoms with Crippen molar-refractivity contribution in [2.75, 3.05) is 19.5 Å². The standard InChI is InChI=1S/C21H23NO5/c1-14-5-8-17(9-6-14)22-21(24)15(2)27-20(23)10-7-16-11-18(25-3)13-19(12-16)26-4/h5-13,15H,1-4H3,(H,22,24)/b10-7+/t15-/m1/s1. The highest BCUT2D eigenvalue weighted by Crippen LogP contribution is 2.23. The molecule has 142 valence electrons. The Morgan fingerprint density at radius 2 is 1.59 bits per heavy atom. The number of hydrogen-bond acceptors (Lipinski definition) is 5. The fourth-order valence-corrected chi connectivity index (χ4v) is 2.24. The molecule has 0 saturated carbocycles. The van der Waals surface area contributed by atoms with E-state index in [1.165, 1.54) is 13.0 Å². The van der Waals surface area contributed by atoms with Crippen molar-refractivity contribution in [1.29, 1.82) is 0 Å². The second-order valence-electron chi connectivity index (χ2n) is 5.91. The Labute approximate surface area is 158 Å². The largest absolute Gasteiger partial charge is 0.497 e. The van der Waals surface area contributed by atoms with Crippen LogP contribution in [0.1, 0.15) is 18.1 Å². The number of nitrogens with one attached hydrogen (secondary N) is 1. The fraction of sp³-hybridized carbons (Fsp3) is 0.238. The summed E-state index contributed by atoms with van der Waals surface area (Å²) < 4.78 is 15.5. The maximum Gasteiger partial charge on any atom is 0.331 e. The third-order valence-electron chi connectivity index (χ3n) is 3.77. The number of benzene rings is 2. The lowest BCUT2D eigenvalue weighted by atomic mass is 10.2. The van der Waals surface area contributed by atoms with Gasteiger partial charge in [-0.05, 0) is 49.8 Å². The number of hydrogen-bond donors (Lipinski definition) is 1. The van der Waals surface area contributed by atoms with E-state index in [-0.39, 0.29) is 0 Å². The maximum absolute atomic E-state index is 12.1. The van der Waals surface area contributed by atoms with E-state index in [9.17, 15) is 9.59 Å². The minimum Gasteiger partial charge on any atom is -0.497 e. The topological polar surface area (TPSA) is 73.9 Å². The van der Waals surface area contributed by atoms with E-state index in [4.69, 9.17) is 14.2 Å². The number of aryl methyl sites for hydroxylation is 1. The molecule has 0 heterocycles. The highest BCUT2D eigenvalue weighted by atomic mass is 16.5. The average molecular weight is 369 g/mol. The summed E-state index contributed by atoms with van der Waals surface area (Å²) in [5, 5.41) is 2.70. The Morgan fingerprint density at radius 1 is 1.00 bits per heavy atom. The van der Waals surface area contributed by atoms with E-state index in [1.54, 1.807) is 50.6 Å². The van der Waals surface area contributed by atoms with Crippen LogP contribution in [0.15, 0.2) is 48.5 Å². The Morgan fingerprint density at radius 3 is 2.15 bits per heavy atom. The predicted molar refractivity (Wildman–Crippen MR) is 104 cm³/mol. The van der Waals surface area contributed by atoms with Crippen molar-refractivity contribution >= 4 is 23.6 Å². The molecule has 0 fully saturated rings. The second kappa shape index (κ2) is 9.43. The molecule has 0 aliphatic rings. The van der Waals surface area contributed by atoms with Gasteiger partial charge in [0.05, 0.1) is 14.2 Å². The van der Waals surface area contributed by atoms with Crippen LogP contribution in [0, 0.1) is 6.92 Å². The molecule has 6 nitrogen and oxygen atoms in total. The molecule has 2 rings (SSSR count). The molecule has 1 N–H and O–H groups in total. The first kappa shape index (κ1) is 20.0. The Hall–Kier alpha value is -3.28. The first-order valence-electron chi connectivity index (χ1n) is 8.40. The van der Waals surface area contributed by atoms with E-state index >= 15 is 0 Å². The first-order valence-corrected chi connectivity index (χ1v) is 8.40. The van der Waals surface area contributed by atoms with Gasteiger partial charge in [-0.15, -0.1) is 0 Å². The minimum absolute atomic E-state index is 0.399. The van der Waals surface area contributed by atoms with Crippen LogP contribution >= 0.6 is 0 Å². The van der Waals surface area contributed by atoms with Crippen LogP contribution in [0.2, 0.25) is 0 Å². The van der Waals surface area contributed by atoms with E-state index < -0.39 is 18.0 Å². The van der Waals surface area contributed by atoms with Crippen molar-refractivity contribution in [2.24, 2.45) is 0 Å². The zero-order valence-corrected chi connectivity index (χ0v) is 15.8. The van der Waals surface area contributed by atoms with Crippen LogP contribution in [-0.2, 0) is 14.3 Å². The molecule has 1 atom stereocenters. The summed E-state index contributed by atoms with van der Waals surface area (Å²) in [6.07, 6.45) is 1.89. The molecule has 0 aliphatic heterocycles. The highest BCUT2D eigenvalue weighted by molar-refractivity contribution is 5.96. The minimum atomic E-state index is -0.928. The monoisotopic (exact) mass is 369 g/mol. The molecular weight excluding hydrogens is 346 g/mol. The highest BCUT2D eigenvalue weighted by Gasteiger charge is 2.16. The number of ether oxygens (including phenoxy) is 3. The lowest BCUT2D eigenvalue weighted by Gasteiger charge is -2.12.